The van der Waals surface area contributed by atoms with Crippen LogP contribution in [0, 0.1) is 5.92 Å². The molecule has 0 amide bonds. The van der Waals surface area contributed by atoms with Crippen LogP contribution in [-0.2, 0) is 23.8 Å². The molecule has 1 aromatic carbocycles. The number of aliphatic hydroxyl groups is 1. The van der Waals surface area contributed by atoms with Gasteiger partial charge in [-0.05, 0) is 30.2 Å². The fraction of sp³-hybridized carbons (Fsp3) is 0.579. The van der Waals surface area contributed by atoms with E-state index in [4.69, 9.17) is 13.8 Å². The van der Waals surface area contributed by atoms with Crippen LogP contribution in [0.15, 0.2) is 42.1 Å². The maximum absolute atomic E-state index is 12.1. The molecule has 0 aliphatic heterocycles. The van der Waals surface area contributed by atoms with Gasteiger partial charge in [-0.15, -0.1) is 0 Å². The summed E-state index contributed by atoms with van der Waals surface area (Å²) in [4.78, 5) is 0. The highest BCUT2D eigenvalue weighted by molar-refractivity contribution is 7.57. The Balaban J connectivity index is 2.21. The third-order valence-electron chi connectivity index (χ3n) is 5.20. The van der Waals surface area contributed by atoms with Crippen molar-refractivity contribution in [3.8, 4) is 0 Å². The van der Waals surface area contributed by atoms with Crippen LogP contribution >= 0.6 is 7.60 Å². The van der Waals surface area contributed by atoms with Gasteiger partial charge in [0.15, 0.2) is 0 Å². The maximum atomic E-state index is 12.1. The average molecular weight is 368 g/mol. The fourth-order valence-corrected chi connectivity index (χ4v) is 4.34. The minimum atomic E-state index is -3.46. The van der Waals surface area contributed by atoms with Gasteiger partial charge in [-0.1, -0.05) is 50.6 Å². The second-order valence-corrected chi connectivity index (χ2v) is 9.08. The molecule has 2 atom stereocenters. The van der Waals surface area contributed by atoms with Gasteiger partial charge in [0.25, 0.3) is 5.95 Å². The Morgan fingerprint density at radius 1 is 1.16 bits per heavy atom. The molecule has 0 spiro atoms. The van der Waals surface area contributed by atoms with Crippen LogP contribution in [0.2, 0.25) is 0 Å². The van der Waals surface area contributed by atoms with Gasteiger partial charge in [-0.2, -0.15) is 0 Å². The predicted molar refractivity (Wildman–Crippen MR) is 98.6 cm³/mol. The number of hydrogen-bond acceptors (Lipinski definition) is 5. The van der Waals surface area contributed by atoms with Crippen LogP contribution in [-0.4, -0.2) is 25.4 Å². The molecule has 5 nitrogen and oxygen atoms in total. The highest BCUT2D eigenvalue weighted by Crippen LogP contribution is 2.49. The van der Waals surface area contributed by atoms with E-state index in [1.165, 1.54) is 19.8 Å². The molecule has 0 bridgehead atoms. The molecule has 6 heteroatoms. The molecule has 1 aliphatic carbocycles. The van der Waals surface area contributed by atoms with Crippen molar-refractivity contribution in [1.29, 1.82) is 0 Å². The lowest BCUT2D eigenvalue weighted by atomic mass is 9.66. The van der Waals surface area contributed by atoms with Gasteiger partial charge in [0.1, 0.15) is 11.9 Å². The van der Waals surface area contributed by atoms with Crippen LogP contribution in [0.5, 0.6) is 0 Å². The maximum Gasteiger partial charge on any atom is 0.360 e. The monoisotopic (exact) mass is 368 g/mol. The van der Waals surface area contributed by atoms with E-state index in [9.17, 15) is 9.67 Å². The summed E-state index contributed by atoms with van der Waals surface area (Å²) in [5, 5.41) is 10.2. The quantitative estimate of drug-likeness (QED) is 0.517. The SMILES string of the molecule is COP(=O)(/C=C(\O)O[C@H]1CCCCC1C(C)(C)c1ccccc1)OC. The molecule has 1 N–H and O–H groups in total. The Morgan fingerprint density at radius 2 is 1.76 bits per heavy atom. The van der Waals surface area contributed by atoms with E-state index in [1.54, 1.807) is 0 Å². The summed E-state index contributed by atoms with van der Waals surface area (Å²) in [7, 11) is -0.913. The molecule has 1 fully saturated rings. The fourth-order valence-electron chi connectivity index (χ4n) is 3.65. The number of aliphatic hydroxyl groups excluding tert-OH is 1. The summed E-state index contributed by atoms with van der Waals surface area (Å²) in [6, 6.07) is 10.4. The molecule has 2 rings (SSSR count). The van der Waals surface area contributed by atoms with Crippen molar-refractivity contribution in [2.24, 2.45) is 5.92 Å². The molecule has 1 aliphatic rings. The van der Waals surface area contributed by atoms with Crippen molar-refractivity contribution >= 4 is 7.60 Å². The smallest absolute Gasteiger partial charge is 0.360 e. The zero-order valence-corrected chi connectivity index (χ0v) is 16.4. The lowest BCUT2D eigenvalue weighted by molar-refractivity contribution is -0.0397. The molecular weight excluding hydrogens is 339 g/mol. The lowest BCUT2D eigenvalue weighted by Gasteiger charge is -2.42. The summed E-state index contributed by atoms with van der Waals surface area (Å²) in [5.74, 6) is 0.880. The summed E-state index contributed by atoms with van der Waals surface area (Å²) in [5.41, 5.74) is 1.15. The summed E-state index contributed by atoms with van der Waals surface area (Å²) in [6.45, 7) is 4.43. The Labute approximate surface area is 150 Å². The lowest BCUT2D eigenvalue weighted by Crippen LogP contribution is -2.40. The van der Waals surface area contributed by atoms with E-state index in [2.05, 4.69) is 26.0 Å². The molecule has 0 saturated heterocycles. The first-order valence-electron chi connectivity index (χ1n) is 8.67. The Morgan fingerprint density at radius 3 is 2.36 bits per heavy atom. The molecule has 0 aromatic heterocycles. The van der Waals surface area contributed by atoms with Gasteiger partial charge >= 0.3 is 7.60 Å². The number of rotatable bonds is 7. The normalized spacial score (nSPS) is 22.6. The number of benzene rings is 1. The Kier molecular flexibility index (Phi) is 6.72. The summed E-state index contributed by atoms with van der Waals surface area (Å²) in [6.07, 6.45) is 3.91. The zero-order valence-electron chi connectivity index (χ0n) is 15.5. The molecule has 1 saturated carbocycles. The van der Waals surface area contributed by atoms with E-state index in [1.807, 2.05) is 18.2 Å². The van der Waals surface area contributed by atoms with Gasteiger partial charge in [-0.25, -0.2) is 0 Å². The minimum absolute atomic E-state index is 0.0984. The molecule has 1 unspecified atom stereocenters. The van der Waals surface area contributed by atoms with Crippen molar-refractivity contribution in [3.05, 3.63) is 47.7 Å². The van der Waals surface area contributed by atoms with Crippen LogP contribution in [0.25, 0.3) is 0 Å². The van der Waals surface area contributed by atoms with E-state index >= 15 is 0 Å². The summed E-state index contributed by atoms with van der Waals surface area (Å²) < 4.78 is 27.6. The van der Waals surface area contributed by atoms with E-state index in [0.29, 0.717) is 0 Å². The van der Waals surface area contributed by atoms with E-state index in [0.717, 1.165) is 31.5 Å². The molecule has 1 aromatic rings. The zero-order chi connectivity index (χ0) is 18.5. The third-order valence-corrected chi connectivity index (χ3v) is 6.75. The van der Waals surface area contributed by atoms with E-state index in [-0.39, 0.29) is 17.4 Å². The highest BCUT2D eigenvalue weighted by atomic mass is 31.2. The van der Waals surface area contributed by atoms with Crippen LogP contribution in [0.1, 0.15) is 45.1 Å². The highest BCUT2D eigenvalue weighted by Gasteiger charge is 2.40. The van der Waals surface area contributed by atoms with Crippen molar-refractivity contribution in [3.63, 3.8) is 0 Å². The van der Waals surface area contributed by atoms with Crippen molar-refractivity contribution in [2.75, 3.05) is 14.2 Å². The van der Waals surface area contributed by atoms with Crippen LogP contribution < -0.4 is 0 Å². The number of hydrogen-bond donors (Lipinski definition) is 1. The van der Waals surface area contributed by atoms with Gasteiger partial charge in [-0.3, -0.25) is 4.57 Å². The van der Waals surface area contributed by atoms with Crippen LogP contribution in [0.4, 0.5) is 0 Å². The van der Waals surface area contributed by atoms with Gasteiger partial charge in [0, 0.05) is 20.1 Å². The van der Waals surface area contributed by atoms with E-state index < -0.39 is 13.5 Å². The second-order valence-electron chi connectivity index (χ2n) is 7.01. The molecule has 25 heavy (non-hydrogen) atoms. The van der Waals surface area contributed by atoms with Crippen molar-refractivity contribution < 1.29 is 23.5 Å². The first-order chi connectivity index (χ1) is 11.8. The van der Waals surface area contributed by atoms with Crippen molar-refractivity contribution in [1.82, 2.24) is 0 Å². The summed E-state index contributed by atoms with van der Waals surface area (Å²) >= 11 is 0. The largest absolute Gasteiger partial charge is 0.481 e. The first kappa shape index (κ1) is 20.0. The van der Waals surface area contributed by atoms with Gasteiger partial charge < -0.3 is 18.9 Å². The second kappa shape index (κ2) is 8.39. The molecule has 140 valence electrons. The van der Waals surface area contributed by atoms with Crippen molar-refractivity contribution in [2.45, 2.75) is 51.0 Å². The van der Waals surface area contributed by atoms with Crippen LogP contribution in [0.3, 0.4) is 0 Å². The van der Waals surface area contributed by atoms with Gasteiger partial charge in [0.2, 0.25) is 0 Å². The molecule has 0 heterocycles. The predicted octanol–water partition coefficient (Wildman–Crippen LogP) is 5.38. The Bertz CT molecular complexity index is 618. The third kappa shape index (κ3) is 4.87. The molecule has 0 radical (unpaired) electrons. The van der Waals surface area contributed by atoms with Gasteiger partial charge in [0.05, 0.1) is 0 Å². The Hall–Kier alpha value is -1.29. The minimum Gasteiger partial charge on any atom is -0.481 e. The average Bonchev–Trinajstić information content (AvgIpc) is 2.62. The first-order valence-corrected chi connectivity index (χ1v) is 10.3. The standard InChI is InChI=1S/C19H29O5P/c1-19(2,15-10-6-5-7-11-15)16-12-8-9-13-17(16)24-18(20)14-25(21,22-3)23-4/h5-7,10-11,14,16-17,20H,8-9,12-13H2,1-4H3/b18-14+/t16?,17-/m0/s1. The molecular formula is C19H29O5P. The number of ether oxygens (including phenoxy) is 1. The topological polar surface area (TPSA) is 65.0 Å².